The summed E-state index contributed by atoms with van der Waals surface area (Å²) in [5, 5.41) is 0. The van der Waals surface area contributed by atoms with E-state index in [0.29, 0.717) is 6.41 Å². The Hall–Kier alpha value is -1.12. The van der Waals surface area contributed by atoms with Gasteiger partial charge in [-0.05, 0) is 0 Å². The molecule has 0 spiro atoms. The minimum absolute atomic E-state index is 0.632. The summed E-state index contributed by atoms with van der Waals surface area (Å²) in [6.45, 7) is 0. The largest absolute Gasteiger partial charge is 0.278 e. The van der Waals surface area contributed by atoms with Gasteiger partial charge in [-0.15, -0.1) is 0 Å². The summed E-state index contributed by atoms with van der Waals surface area (Å²) >= 11 is 0. The predicted octanol–water partition coefficient (Wildman–Crippen LogP) is -0.278. The molecule has 0 fully saturated rings. The van der Waals surface area contributed by atoms with E-state index in [1.54, 1.807) is 0 Å². The van der Waals surface area contributed by atoms with Crippen LogP contribution in [0.25, 0.3) is 0 Å². The molecule has 1 rings (SSSR count). The number of aromatic nitrogens is 2. The van der Waals surface area contributed by atoms with Crippen LogP contribution in [0.2, 0.25) is 0 Å². The maximum absolute atomic E-state index is 9.76. The van der Waals surface area contributed by atoms with Gasteiger partial charge in [-0.3, -0.25) is 9.36 Å². The van der Waals surface area contributed by atoms with Crippen molar-refractivity contribution in [1.82, 2.24) is 9.55 Å². The SMILES string of the molecule is O=Cn1[c]cnc1. The van der Waals surface area contributed by atoms with Crippen molar-refractivity contribution in [2.75, 3.05) is 0 Å². The Labute approximate surface area is 40.6 Å². The van der Waals surface area contributed by atoms with Crippen molar-refractivity contribution in [3.8, 4) is 0 Å². The van der Waals surface area contributed by atoms with Crippen molar-refractivity contribution in [2.45, 2.75) is 0 Å². The molecule has 0 N–H and O–H groups in total. The fourth-order valence-corrected chi connectivity index (χ4v) is 0.296. The Morgan fingerprint density at radius 2 is 2.71 bits per heavy atom. The van der Waals surface area contributed by atoms with E-state index in [0.717, 1.165) is 0 Å². The first-order valence-electron chi connectivity index (χ1n) is 1.78. The maximum atomic E-state index is 9.76. The van der Waals surface area contributed by atoms with Gasteiger partial charge in [-0.2, -0.15) is 0 Å². The summed E-state index contributed by atoms with van der Waals surface area (Å²) < 4.78 is 1.21. The highest BCUT2D eigenvalue weighted by Crippen LogP contribution is 1.72. The van der Waals surface area contributed by atoms with Gasteiger partial charge in [0.05, 0.1) is 12.4 Å². The lowest BCUT2D eigenvalue weighted by atomic mass is 10.9. The molecule has 0 saturated carbocycles. The number of carbonyl (C=O) groups excluding carboxylic acids is 1. The number of hydrogen-bond donors (Lipinski definition) is 0. The van der Waals surface area contributed by atoms with Gasteiger partial charge >= 0.3 is 0 Å². The van der Waals surface area contributed by atoms with E-state index >= 15 is 0 Å². The van der Waals surface area contributed by atoms with Crippen LogP contribution in [0.4, 0.5) is 0 Å². The predicted molar refractivity (Wildman–Crippen MR) is 23.2 cm³/mol. The fraction of sp³-hybridized carbons (Fsp3) is 0. The van der Waals surface area contributed by atoms with Crippen LogP contribution >= 0.6 is 0 Å². The molecule has 1 radical (unpaired) electrons. The first kappa shape index (κ1) is 4.05. The molecule has 3 heteroatoms. The van der Waals surface area contributed by atoms with Crippen molar-refractivity contribution in [3.63, 3.8) is 0 Å². The van der Waals surface area contributed by atoms with Gasteiger partial charge in [0.2, 0.25) is 6.41 Å². The summed E-state index contributed by atoms with van der Waals surface area (Å²) in [6, 6.07) is 0. The first-order valence-corrected chi connectivity index (χ1v) is 1.78. The van der Waals surface area contributed by atoms with E-state index in [1.807, 2.05) is 0 Å². The second-order valence-electron chi connectivity index (χ2n) is 1.04. The topological polar surface area (TPSA) is 34.9 Å². The van der Waals surface area contributed by atoms with E-state index < -0.39 is 0 Å². The number of rotatable bonds is 1. The third-order valence-corrected chi connectivity index (χ3v) is 0.586. The van der Waals surface area contributed by atoms with E-state index in [1.165, 1.54) is 17.1 Å². The molecular formula is C4H3N2O. The fourth-order valence-electron chi connectivity index (χ4n) is 0.296. The smallest absolute Gasteiger partial charge is 0.219 e. The molecule has 1 aromatic rings. The molecule has 1 aromatic heterocycles. The Morgan fingerprint density at radius 3 is 3.00 bits per heavy atom. The Morgan fingerprint density at radius 1 is 1.86 bits per heavy atom. The Kier molecular flexibility index (Phi) is 0.898. The van der Waals surface area contributed by atoms with Gasteiger partial charge < -0.3 is 0 Å². The Balaban J connectivity index is 2.96. The van der Waals surface area contributed by atoms with Crippen LogP contribution < -0.4 is 0 Å². The van der Waals surface area contributed by atoms with Crippen molar-refractivity contribution in [2.24, 2.45) is 0 Å². The third-order valence-electron chi connectivity index (χ3n) is 0.586. The van der Waals surface area contributed by atoms with E-state index in [-0.39, 0.29) is 0 Å². The van der Waals surface area contributed by atoms with Crippen molar-refractivity contribution < 1.29 is 4.79 Å². The molecule has 0 atom stereocenters. The van der Waals surface area contributed by atoms with Gasteiger partial charge in [0, 0.05) is 0 Å². The third kappa shape index (κ3) is 0.652. The standard InChI is InChI=1S/C4H3N2O/c7-4-6-2-1-5-3-6/h1,3-4H. The maximum Gasteiger partial charge on any atom is 0.219 e. The van der Waals surface area contributed by atoms with Crippen LogP contribution in [0.1, 0.15) is 0 Å². The van der Waals surface area contributed by atoms with Crippen LogP contribution in [0.5, 0.6) is 0 Å². The molecule has 0 bridgehead atoms. The van der Waals surface area contributed by atoms with Crippen molar-refractivity contribution in [1.29, 1.82) is 0 Å². The van der Waals surface area contributed by atoms with Crippen molar-refractivity contribution >= 4 is 6.41 Å². The Bertz CT molecular complexity index is 145. The molecule has 0 saturated heterocycles. The van der Waals surface area contributed by atoms with Gasteiger partial charge in [-0.1, -0.05) is 0 Å². The summed E-state index contributed by atoms with van der Waals surface area (Å²) in [5.41, 5.74) is 0. The molecule has 0 aliphatic heterocycles. The van der Waals surface area contributed by atoms with Crippen LogP contribution in [0, 0.1) is 6.20 Å². The van der Waals surface area contributed by atoms with Gasteiger partial charge in [0.25, 0.3) is 0 Å². The monoisotopic (exact) mass is 95.0 g/mol. The number of nitrogens with zero attached hydrogens (tertiary/aromatic N) is 2. The zero-order valence-electron chi connectivity index (χ0n) is 3.53. The second-order valence-corrected chi connectivity index (χ2v) is 1.04. The highest BCUT2D eigenvalue weighted by molar-refractivity contribution is 5.50. The van der Waals surface area contributed by atoms with Crippen LogP contribution in [-0.4, -0.2) is 16.0 Å². The average Bonchev–Trinajstić information content (AvgIpc) is 2.14. The quantitative estimate of drug-likeness (QED) is 0.450. The molecule has 7 heavy (non-hydrogen) atoms. The zero-order chi connectivity index (χ0) is 5.11. The number of carbonyl (C=O) groups is 1. The average molecular weight is 95.1 g/mol. The summed E-state index contributed by atoms with van der Waals surface area (Å²) in [4.78, 5) is 13.3. The summed E-state index contributed by atoms with van der Waals surface area (Å²) in [6.07, 6.45) is 5.96. The molecular weight excluding hydrogens is 92.1 g/mol. The highest BCUT2D eigenvalue weighted by atomic mass is 16.1. The van der Waals surface area contributed by atoms with E-state index in [9.17, 15) is 4.79 Å². The lowest BCUT2D eigenvalue weighted by Gasteiger charge is -1.74. The normalized spacial score (nSPS) is 8.57. The summed E-state index contributed by atoms with van der Waals surface area (Å²) in [5.74, 6) is 0. The molecule has 0 aliphatic carbocycles. The van der Waals surface area contributed by atoms with Crippen molar-refractivity contribution in [3.05, 3.63) is 18.7 Å². The molecule has 0 unspecified atom stereocenters. The lowest BCUT2D eigenvalue weighted by Crippen LogP contribution is -1.87. The summed E-state index contributed by atoms with van der Waals surface area (Å²) in [7, 11) is 0. The first-order chi connectivity index (χ1) is 3.43. The molecule has 1 heterocycles. The van der Waals surface area contributed by atoms with E-state index in [4.69, 9.17) is 0 Å². The second kappa shape index (κ2) is 1.55. The number of hydrogen-bond acceptors (Lipinski definition) is 2. The molecule has 0 aliphatic rings. The zero-order valence-corrected chi connectivity index (χ0v) is 3.53. The minimum Gasteiger partial charge on any atom is -0.278 e. The molecule has 3 nitrogen and oxygen atoms in total. The highest BCUT2D eigenvalue weighted by Gasteiger charge is 1.78. The molecule has 0 amide bonds. The van der Waals surface area contributed by atoms with Crippen LogP contribution in [0.15, 0.2) is 12.5 Å². The van der Waals surface area contributed by atoms with Gasteiger partial charge in [0.15, 0.2) is 0 Å². The minimum atomic E-state index is 0.632. The van der Waals surface area contributed by atoms with Gasteiger partial charge in [0.1, 0.15) is 6.33 Å². The van der Waals surface area contributed by atoms with Gasteiger partial charge in [-0.25, -0.2) is 4.98 Å². The lowest BCUT2D eigenvalue weighted by molar-refractivity contribution is 0.547. The van der Waals surface area contributed by atoms with Crippen LogP contribution in [-0.2, 0) is 4.79 Å². The molecule has 35 valence electrons. The van der Waals surface area contributed by atoms with E-state index in [2.05, 4.69) is 11.2 Å². The van der Waals surface area contributed by atoms with Crippen LogP contribution in [0.3, 0.4) is 0 Å². The number of imidazole rings is 1. The molecule has 0 aromatic carbocycles.